The van der Waals surface area contributed by atoms with E-state index in [-0.39, 0.29) is 35.8 Å². The largest absolute Gasteiger partial charge is 0.444 e. The summed E-state index contributed by atoms with van der Waals surface area (Å²) in [7, 11) is 1.83. The maximum Gasteiger partial charge on any atom is 0.225 e. The molecule has 0 unspecified atom stereocenters. The molecule has 0 atom stereocenters. The number of hydrogen-bond donors (Lipinski definition) is 2. The Morgan fingerprint density at radius 2 is 1.81 bits per heavy atom. The molecule has 2 saturated heterocycles. The third-order valence-electron chi connectivity index (χ3n) is 6.56. The number of nitrogens with one attached hydrogen (secondary N) is 2. The van der Waals surface area contributed by atoms with Crippen molar-refractivity contribution in [3.63, 3.8) is 0 Å². The van der Waals surface area contributed by atoms with E-state index in [1.54, 1.807) is 0 Å². The second kappa shape index (κ2) is 12.8. The van der Waals surface area contributed by atoms with Crippen LogP contribution in [0.15, 0.2) is 9.41 Å². The summed E-state index contributed by atoms with van der Waals surface area (Å²) in [4.78, 5) is 25.5. The molecule has 0 spiro atoms. The number of piperidine rings is 2. The van der Waals surface area contributed by atoms with Gasteiger partial charge < -0.3 is 20.0 Å². The SMILES string of the molecule is CN=C(NCC1CCN(Cc2nc(C)c(C)o2)CC1)NC1CCN(C(=O)C(C)C)CC1.I. The Morgan fingerprint density at radius 3 is 2.34 bits per heavy atom. The van der Waals surface area contributed by atoms with E-state index in [1.165, 1.54) is 12.8 Å². The van der Waals surface area contributed by atoms with E-state index in [4.69, 9.17) is 4.42 Å². The summed E-state index contributed by atoms with van der Waals surface area (Å²) in [5.74, 6) is 3.62. The zero-order valence-corrected chi connectivity index (χ0v) is 22.6. The number of rotatable bonds is 6. The highest BCUT2D eigenvalue weighted by molar-refractivity contribution is 14.0. The van der Waals surface area contributed by atoms with Gasteiger partial charge in [-0.3, -0.25) is 14.7 Å². The molecule has 1 aromatic rings. The monoisotopic (exact) mass is 560 g/mol. The third-order valence-corrected chi connectivity index (χ3v) is 6.56. The lowest BCUT2D eigenvalue weighted by molar-refractivity contribution is -0.135. The van der Waals surface area contributed by atoms with E-state index in [0.717, 1.165) is 75.4 Å². The number of likely N-dealkylation sites (tertiary alicyclic amines) is 2. The van der Waals surface area contributed by atoms with Crippen molar-refractivity contribution in [3.8, 4) is 0 Å². The van der Waals surface area contributed by atoms with E-state index >= 15 is 0 Å². The summed E-state index contributed by atoms with van der Waals surface area (Å²) in [6, 6.07) is 0.372. The molecule has 2 aliphatic rings. The standard InChI is InChI=1S/C23H40N6O2.HI/c1-16(2)22(30)29-12-8-20(9-13-29)27-23(24-5)25-14-19-6-10-28(11-7-19)15-21-26-17(3)18(4)31-21;/h16,19-20H,6-15H2,1-5H3,(H2,24,25,27);1H. The summed E-state index contributed by atoms with van der Waals surface area (Å²) in [5, 5.41) is 7.08. The molecule has 2 aliphatic heterocycles. The van der Waals surface area contributed by atoms with Crippen molar-refractivity contribution in [2.75, 3.05) is 39.8 Å². The second-order valence-corrected chi connectivity index (χ2v) is 9.32. The molecule has 3 heterocycles. The molecule has 0 radical (unpaired) electrons. The highest BCUT2D eigenvalue weighted by atomic mass is 127. The number of guanidine groups is 1. The minimum atomic E-state index is 0. The van der Waals surface area contributed by atoms with Crippen molar-refractivity contribution in [3.05, 3.63) is 17.3 Å². The van der Waals surface area contributed by atoms with Crippen LogP contribution in [0.25, 0.3) is 0 Å². The van der Waals surface area contributed by atoms with E-state index in [1.807, 2.05) is 39.6 Å². The number of halogens is 1. The van der Waals surface area contributed by atoms with Crippen LogP contribution in [0.4, 0.5) is 0 Å². The highest BCUT2D eigenvalue weighted by Gasteiger charge is 2.25. The number of hydrogen-bond acceptors (Lipinski definition) is 5. The van der Waals surface area contributed by atoms with Crippen LogP contribution in [0, 0.1) is 25.7 Å². The van der Waals surface area contributed by atoms with Crippen LogP contribution in [0.5, 0.6) is 0 Å². The predicted molar refractivity (Wildman–Crippen MR) is 138 cm³/mol. The summed E-state index contributed by atoms with van der Waals surface area (Å²) < 4.78 is 5.73. The molecule has 2 fully saturated rings. The summed E-state index contributed by atoms with van der Waals surface area (Å²) >= 11 is 0. The molecule has 1 amide bonds. The summed E-state index contributed by atoms with van der Waals surface area (Å²) in [5.41, 5.74) is 0.991. The first kappa shape index (κ1) is 26.9. The van der Waals surface area contributed by atoms with Crippen molar-refractivity contribution in [1.29, 1.82) is 0 Å². The average Bonchev–Trinajstić information content (AvgIpc) is 3.08. The number of aliphatic imine (C=N–C) groups is 1. The fourth-order valence-electron chi connectivity index (χ4n) is 4.39. The molecular weight excluding hydrogens is 519 g/mol. The van der Waals surface area contributed by atoms with Crippen LogP contribution in [-0.2, 0) is 11.3 Å². The van der Waals surface area contributed by atoms with Crippen molar-refractivity contribution in [1.82, 2.24) is 25.4 Å². The third kappa shape index (κ3) is 7.60. The fraction of sp³-hybridized carbons (Fsp3) is 0.783. The van der Waals surface area contributed by atoms with E-state index < -0.39 is 0 Å². The molecule has 32 heavy (non-hydrogen) atoms. The van der Waals surface area contributed by atoms with Gasteiger partial charge >= 0.3 is 0 Å². The van der Waals surface area contributed by atoms with Gasteiger partial charge in [-0.15, -0.1) is 24.0 Å². The zero-order chi connectivity index (χ0) is 22.4. The number of nitrogens with zero attached hydrogens (tertiary/aromatic N) is 4. The molecule has 0 aromatic carbocycles. The predicted octanol–water partition coefficient (Wildman–Crippen LogP) is 2.93. The van der Waals surface area contributed by atoms with Gasteiger partial charge in [0.05, 0.1) is 12.2 Å². The Bertz CT molecular complexity index is 730. The lowest BCUT2D eigenvalue weighted by atomic mass is 9.97. The lowest BCUT2D eigenvalue weighted by Crippen LogP contribution is -2.51. The minimum absolute atomic E-state index is 0. The summed E-state index contributed by atoms with van der Waals surface area (Å²) in [6.07, 6.45) is 4.27. The number of carbonyl (C=O) groups is 1. The van der Waals surface area contributed by atoms with Crippen LogP contribution in [0.3, 0.4) is 0 Å². The first-order valence-corrected chi connectivity index (χ1v) is 11.8. The summed E-state index contributed by atoms with van der Waals surface area (Å²) in [6.45, 7) is 13.4. The van der Waals surface area contributed by atoms with E-state index in [9.17, 15) is 4.79 Å². The van der Waals surface area contributed by atoms with Gasteiger partial charge in [0.15, 0.2) is 5.96 Å². The maximum atomic E-state index is 12.2. The smallest absolute Gasteiger partial charge is 0.225 e. The molecule has 0 saturated carbocycles. The Balaban J connectivity index is 0.00000363. The molecule has 0 aliphatic carbocycles. The first-order chi connectivity index (χ1) is 14.9. The Morgan fingerprint density at radius 1 is 1.16 bits per heavy atom. The molecule has 0 bridgehead atoms. The van der Waals surface area contributed by atoms with E-state index in [2.05, 4.69) is 25.5 Å². The van der Waals surface area contributed by atoms with Crippen molar-refractivity contribution in [2.24, 2.45) is 16.8 Å². The topological polar surface area (TPSA) is 86.0 Å². The molecule has 182 valence electrons. The number of amides is 1. The normalized spacial score (nSPS) is 19.2. The molecule has 2 N–H and O–H groups in total. The van der Waals surface area contributed by atoms with Gasteiger partial charge in [-0.25, -0.2) is 4.98 Å². The van der Waals surface area contributed by atoms with Gasteiger partial charge in [0, 0.05) is 38.6 Å². The van der Waals surface area contributed by atoms with Crippen molar-refractivity contribution >= 4 is 35.8 Å². The van der Waals surface area contributed by atoms with E-state index in [0.29, 0.717) is 12.0 Å². The number of oxazole rings is 1. The lowest BCUT2D eigenvalue weighted by Gasteiger charge is -2.34. The first-order valence-electron chi connectivity index (χ1n) is 11.8. The van der Waals surface area contributed by atoms with Crippen LogP contribution in [0.2, 0.25) is 0 Å². The van der Waals surface area contributed by atoms with Crippen LogP contribution in [0.1, 0.15) is 56.9 Å². The number of carbonyl (C=O) groups excluding carboxylic acids is 1. The number of aromatic nitrogens is 1. The minimum Gasteiger partial charge on any atom is -0.444 e. The van der Waals surface area contributed by atoms with Gasteiger partial charge in [0.25, 0.3) is 0 Å². The fourth-order valence-corrected chi connectivity index (χ4v) is 4.39. The van der Waals surface area contributed by atoms with Gasteiger partial charge in [0.1, 0.15) is 5.76 Å². The quantitative estimate of drug-likeness (QED) is 0.316. The molecule has 3 rings (SSSR count). The van der Waals surface area contributed by atoms with Gasteiger partial charge in [0.2, 0.25) is 11.8 Å². The average molecular weight is 561 g/mol. The van der Waals surface area contributed by atoms with Crippen LogP contribution >= 0.6 is 24.0 Å². The Hall–Kier alpha value is -1.36. The van der Waals surface area contributed by atoms with Gasteiger partial charge in [-0.2, -0.15) is 0 Å². The van der Waals surface area contributed by atoms with Gasteiger partial charge in [-0.1, -0.05) is 13.8 Å². The second-order valence-electron chi connectivity index (χ2n) is 9.32. The molecule has 8 nitrogen and oxygen atoms in total. The van der Waals surface area contributed by atoms with Crippen LogP contribution in [-0.4, -0.2) is 72.5 Å². The molecule has 9 heteroatoms. The maximum absolute atomic E-state index is 12.2. The van der Waals surface area contributed by atoms with Crippen molar-refractivity contribution < 1.29 is 9.21 Å². The molecular formula is C23H41IN6O2. The highest BCUT2D eigenvalue weighted by Crippen LogP contribution is 2.19. The zero-order valence-electron chi connectivity index (χ0n) is 20.3. The Labute approximate surface area is 210 Å². The Kier molecular flexibility index (Phi) is 10.7. The molecule has 1 aromatic heterocycles. The van der Waals surface area contributed by atoms with Crippen molar-refractivity contribution in [2.45, 2.75) is 66.0 Å². The van der Waals surface area contributed by atoms with Crippen LogP contribution < -0.4 is 10.6 Å². The number of aryl methyl sites for hydroxylation is 2. The van der Waals surface area contributed by atoms with Gasteiger partial charge in [-0.05, 0) is 58.5 Å².